The van der Waals surface area contributed by atoms with Gasteiger partial charge in [-0.2, -0.15) is 39.5 Å². The number of rotatable bonds is 17. The third-order valence-electron chi connectivity index (χ3n) is 14.9. The van der Waals surface area contributed by atoms with E-state index in [0.717, 1.165) is 31.4 Å². The van der Waals surface area contributed by atoms with Crippen molar-refractivity contribution in [3.8, 4) is 0 Å². The maximum atomic E-state index is 14.0. The van der Waals surface area contributed by atoms with Crippen LogP contribution >= 0.6 is 0 Å². The van der Waals surface area contributed by atoms with Crippen LogP contribution < -0.4 is 47.9 Å². The molecule has 6 aromatic rings. The molecule has 3 saturated heterocycles. The highest BCUT2D eigenvalue weighted by Crippen LogP contribution is 2.37. The molecule has 91 heavy (non-hydrogen) atoms. The van der Waals surface area contributed by atoms with Crippen LogP contribution in [0.4, 0.5) is 78.8 Å². The number of anilines is 6. The van der Waals surface area contributed by atoms with E-state index >= 15 is 0 Å². The van der Waals surface area contributed by atoms with E-state index in [4.69, 9.17) is 17.2 Å². The van der Waals surface area contributed by atoms with Crippen molar-refractivity contribution >= 4 is 58.1 Å². The molecule has 29 heteroatoms. The second-order valence-corrected chi connectivity index (χ2v) is 23.3. The molecule has 0 aliphatic carbocycles. The van der Waals surface area contributed by atoms with Crippen molar-refractivity contribution in [2.45, 2.75) is 115 Å². The van der Waals surface area contributed by atoms with Crippen molar-refractivity contribution < 1.29 is 76.2 Å². The highest BCUT2D eigenvalue weighted by atomic mass is 19.4. The average Bonchev–Trinajstić information content (AvgIpc) is 0.795. The number of piperazine rings is 3. The number of aromatic nitrogens is 6. The summed E-state index contributed by atoms with van der Waals surface area (Å²) in [6, 6.07) is 15.3. The predicted octanol–water partition coefficient (Wildman–Crippen LogP) is 11.7. The van der Waals surface area contributed by atoms with Gasteiger partial charge in [0.1, 0.15) is 57.8 Å². The Balaban J connectivity index is -0.00000135. The van der Waals surface area contributed by atoms with Gasteiger partial charge in [-0.05, 0) is 112 Å². The maximum absolute atomic E-state index is 14.0. The van der Waals surface area contributed by atoms with Crippen LogP contribution in [0.2, 0.25) is 0 Å². The van der Waals surface area contributed by atoms with Gasteiger partial charge in [-0.1, -0.05) is 33.8 Å². The summed E-state index contributed by atoms with van der Waals surface area (Å²) in [6.45, 7) is 16.7. The second-order valence-electron chi connectivity index (χ2n) is 23.3. The fraction of sp³-hybridized carbons (Fsp3) is 0.435. The van der Waals surface area contributed by atoms with Crippen molar-refractivity contribution in [2.24, 2.45) is 5.92 Å². The third-order valence-corrected chi connectivity index (χ3v) is 14.9. The molecular weight excluding hydrogens is 1210 g/mol. The molecule has 0 amide bonds. The van der Waals surface area contributed by atoms with Crippen LogP contribution in [-0.4, -0.2) is 141 Å². The van der Waals surface area contributed by atoms with E-state index in [9.17, 15) is 63.4 Å². The molecule has 19 nitrogen and oxygen atoms in total. The minimum atomic E-state index is -4.87. The van der Waals surface area contributed by atoms with E-state index < -0.39 is 82.3 Å². The van der Waals surface area contributed by atoms with E-state index in [2.05, 4.69) is 73.2 Å². The molecule has 10 N–H and O–H groups in total. The molecule has 0 aromatic carbocycles. The number of nitrogens with two attached hydrogens (primary N) is 3. The molecule has 3 aliphatic rings. The van der Waals surface area contributed by atoms with E-state index in [0.29, 0.717) is 62.8 Å². The lowest BCUT2D eigenvalue weighted by Crippen LogP contribution is -2.57. The molecule has 4 atom stereocenters. The van der Waals surface area contributed by atoms with Gasteiger partial charge in [-0.15, -0.1) is 0 Å². The number of hydrogen-bond acceptors (Lipinski definition) is 19. The van der Waals surface area contributed by atoms with Crippen LogP contribution in [0.3, 0.4) is 0 Å². The van der Waals surface area contributed by atoms with Gasteiger partial charge in [0.15, 0.2) is 0 Å². The van der Waals surface area contributed by atoms with Crippen molar-refractivity contribution in [2.75, 3.05) is 84.3 Å². The minimum Gasteiger partial charge on any atom is -0.390 e. The zero-order valence-corrected chi connectivity index (χ0v) is 50.7. The monoisotopic (exact) mass is 1300 g/mol. The number of aliphatic hydroxyl groups is 1. The Labute approximate surface area is 532 Å². The molecule has 9 heterocycles. The Kier molecular flexibility index (Phi) is 22.9. The Hall–Kier alpha value is -8.41. The Morgan fingerprint density at radius 3 is 1.38 bits per heavy atom. The van der Waals surface area contributed by atoms with Gasteiger partial charge in [-0.3, -0.25) is 14.4 Å². The zero-order valence-electron chi connectivity index (χ0n) is 50.7. The van der Waals surface area contributed by atoms with Gasteiger partial charge in [0, 0.05) is 114 Å². The summed E-state index contributed by atoms with van der Waals surface area (Å²) in [4.78, 5) is 68.3. The molecule has 9 rings (SSSR count). The lowest BCUT2D eigenvalue weighted by Gasteiger charge is -2.40. The van der Waals surface area contributed by atoms with E-state index in [1.165, 1.54) is 66.0 Å². The van der Waals surface area contributed by atoms with Crippen LogP contribution in [0.25, 0.3) is 5.83 Å². The molecule has 0 radical (unpaired) electrons. The molecule has 6 aromatic heterocycles. The van der Waals surface area contributed by atoms with Gasteiger partial charge < -0.3 is 53.0 Å². The summed E-state index contributed by atoms with van der Waals surface area (Å²) >= 11 is 0. The summed E-state index contributed by atoms with van der Waals surface area (Å²) in [7, 11) is 0. The lowest BCUT2D eigenvalue weighted by molar-refractivity contribution is -0.140. The summed E-state index contributed by atoms with van der Waals surface area (Å²) in [5.41, 5.74) is 12.3. The Bertz CT molecular complexity index is 3570. The number of hydrogen-bond donors (Lipinski definition) is 7. The van der Waals surface area contributed by atoms with Crippen LogP contribution in [0.5, 0.6) is 0 Å². The highest BCUT2D eigenvalue weighted by molar-refractivity contribution is 6.13. The lowest BCUT2D eigenvalue weighted by atomic mass is 9.97. The SMILES string of the molecule is C=C(F)c1ccc(N2CCNC(CC(C)(C)O)C2)nc1C(=O)c1cccnc1N.CCC[C@H]1CN(c2ccc(C(F)(F)F)c(C(=O)c3cccnc3N)n2)C[C@H](CC(C)C)N1.Nc1ncccc1C(=O)c1nc(N2CCNC(CC(F)(F)F)C2)ccc1C(F)(F)F.[HH].[HH].[HH].[HH].[HH].[HH].[HH].[HH].[HH]. The molecular formula is C62H91F10N15O4. The van der Waals surface area contributed by atoms with Crippen molar-refractivity contribution in [1.82, 2.24) is 45.9 Å². The van der Waals surface area contributed by atoms with Crippen molar-refractivity contribution in [3.63, 3.8) is 0 Å². The van der Waals surface area contributed by atoms with Crippen molar-refractivity contribution in [1.29, 1.82) is 0 Å². The summed E-state index contributed by atoms with van der Waals surface area (Å²) < 4.78 is 134. The highest BCUT2D eigenvalue weighted by Gasteiger charge is 2.41. The summed E-state index contributed by atoms with van der Waals surface area (Å²) in [6.07, 6.45) is -7.49. The minimum absolute atomic E-state index is 0. The number of ketones is 3. The molecule has 508 valence electrons. The molecule has 2 unspecified atom stereocenters. The maximum Gasteiger partial charge on any atom is 0.418 e. The fourth-order valence-corrected chi connectivity index (χ4v) is 11.0. The average molecular weight is 1300 g/mol. The van der Waals surface area contributed by atoms with Gasteiger partial charge in [-0.25, -0.2) is 34.3 Å². The Morgan fingerprint density at radius 2 is 0.989 bits per heavy atom. The summed E-state index contributed by atoms with van der Waals surface area (Å²) in [5, 5.41) is 19.9. The molecule has 0 bridgehead atoms. The van der Waals surface area contributed by atoms with E-state index in [-0.39, 0.29) is 102 Å². The van der Waals surface area contributed by atoms with Crippen LogP contribution in [0.15, 0.2) is 98.0 Å². The predicted molar refractivity (Wildman–Crippen MR) is 345 cm³/mol. The number of pyridine rings is 6. The number of halogens is 10. The van der Waals surface area contributed by atoms with Gasteiger partial charge in [0.25, 0.3) is 0 Å². The first-order valence-corrected chi connectivity index (χ1v) is 29.3. The first-order chi connectivity index (χ1) is 42.7. The van der Waals surface area contributed by atoms with Gasteiger partial charge in [0.05, 0.1) is 39.8 Å². The Morgan fingerprint density at radius 1 is 0.593 bits per heavy atom. The fourth-order valence-electron chi connectivity index (χ4n) is 11.0. The number of nitrogens with zero attached hydrogens (tertiary/aromatic N) is 9. The smallest absolute Gasteiger partial charge is 0.390 e. The largest absolute Gasteiger partial charge is 0.418 e. The summed E-state index contributed by atoms with van der Waals surface area (Å²) in [5.74, 6) is -2.15. The zero-order chi connectivity index (χ0) is 66.8. The van der Waals surface area contributed by atoms with Crippen molar-refractivity contribution in [3.05, 3.63) is 148 Å². The second kappa shape index (κ2) is 29.7. The number of nitrogens with one attached hydrogen (secondary N) is 3. The standard InChI is InChI=1S/C23H30F3N5O.C21H26FN5O2.C18H17F6N5O.9H2/c1-4-6-15-12-31(13-16(29-15)11-14(2)3)19-9-8-18(23(24,25)26)20(30-19)21(32)17-7-5-10-28-22(17)27;1-13(22)15-6-7-17(27-10-9-24-14(12-27)11-21(2,3)29)26-18(15)19(28)16-5-4-8-25-20(16)23;19-17(20,21)8-10-9-29(7-6-26-10)13-4-3-12(18(22,23)24)14(28-13)15(30)11-2-1-5-27-16(11)25;;;;;;;;;/h5,7-10,14-16,29H,4,6,11-13H2,1-3H3,(H2,27,28);4-8,14,24,29H,1,9-12H2,2-3H3,(H2,23,25);1-5,10,26H,6-9H2,(H2,25,27);9*1H/t15-,16-;;;;;;;;;;;/m0.........../s1. The molecule has 0 spiro atoms. The first kappa shape index (κ1) is 70.1. The van der Waals surface area contributed by atoms with Crippen LogP contribution in [0.1, 0.15) is 144 Å². The topological polar surface area (TPSA) is 273 Å². The first-order valence-electron chi connectivity index (χ1n) is 29.3. The quantitative estimate of drug-likeness (QED) is 0.0330. The van der Waals surface area contributed by atoms with Gasteiger partial charge in [0.2, 0.25) is 17.3 Å². The van der Waals surface area contributed by atoms with Gasteiger partial charge >= 0.3 is 18.5 Å². The van der Waals surface area contributed by atoms with E-state index in [1.54, 1.807) is 26.0 Å². The normalized spacial score (nSPS) is 18.2. The number of nitrogen functional groups attached to an aromatic ring is 3. The van der Waals surface area contributed by atoms with E-state index in [1.807, 2.05) is 9.80 Å². The number of carbonyl (C=O) groups is 3. The molecule has 3 fully saturated rings. The number of carbonyl (C=O) groups excluding carboxylic acids is 3. The number of alkyl halides is 9. The van der Waals surface area contributed by atoms with Crippen LogP contribution in [-0.2, 0) is 12.4 Å². The molecule has 3 aliphatic heterocycles. The third kappa shape index (κ3) is 19.1. The van der Waals surface area contributed by atoms with Crippen LogP contribution in [0, 0.1) is 5.92 Å². The molecule has 0 saturated carbocycles.